The zero-order valence-corrected chi connectivity index (χ0v) is 18.5. The Balaban J connectivity index is 1.99. The second-order valence-corrected chi connectivity index (χ2v) is 7.78. The number of aromatic nitrogens is 1. The number of anilines is 2. The maximum absolute atomic E-state index is 13.8. The van der Waals surface area contributed by atoms with E-state index >= 15 is 0 Å². The molecule has 164 valence electrons. The molecule has 1 aromatic heterocycles. The van der Waals surface area contributed by atoms with Crippen LogP contribution in [0.3, 0.4) is 0 Å². The van der Waals surface area contributed by atoms with Crippen LogP contribution in [0, 0.1) is 11.6 Å². The van der Waals surface area contributed by atoms with Crippen molar-refractivity contribution in [3.63, 3.8) is 0 Å². The molecule has 3 rings (SSSR count). The molecule has 0 saturated carbocycles. The summed E-state index contributed by atoms with van der Waals surface area (Å²) < 4.78 is 27.5. The fourth-order valence-corrected chi connectivity index (χ4v) is 3.58. The van der Waals surface area contributed by atoms with Gasteiger partial charge in [-0.3, -0.25) is 4.79 Å². The molecule has 0 spiro atoms. The van der Waals surface area contributed by atoms with Gasteiger partial charge < -0.3 is 15.5 Å². The van der Waals surface area contributed by atoms with Crippen molar-refractivity contribution in [1.29, 1.82) is 0 Å². The van der Waals surface area contributed by atoms with E-state index in [9.17, 15) is 13.6 Å². The molecule has 1 aliphatic rings. The number of likely N-dealkylation sites (N-methyl/N-ethyl adjacent to an activating group) is 1. The van der Waals surface area contributed by atoms with E-state index in [1.807, 2.05) is 13.1 Å². The van der Waals surface area contributed by atoms with E-state index in [1.54, 1.807) is 6.07 Å². The van der Waals surface area contributed by atoms with Crippen LogP contribution in [0.5, 0.6) is 0 Å². The van der Waals surface area contributed by atoms with Crippen LogP contribution < -0.4 is 10.6 Å². The normalized spacial score (nSPS) is 17.5. The highest BCUT2D eigenvalue weighted by atomic mass is 35.5. The highest BCUT2D eigenvalue weighted by Gasteiger charge is 2.21. The largest absolute Gasteiger partial charge is 0.356 e. The SMILES string of the molecule is CCC1CC(C)=CC(=Nc2cc(Nc3cc(F)c(F)cc3C(=O)NC)c(Cl)cn2)N1C. The molecule has 1 aromatic carbocycles. The van der Waals surface area contributed by atoms with Crippen LogP contribution in [-0.2, 0) is 0 Å². The molecule has 0 saturated heterocycles. The monoisotopic (exact) mass is 447 g/mol. The van der Waals surface area contributed by atoms with Gasteiger partial charge in [0, 0.05) is 32.3 Å². The van der Waals surface area contributed by atoms with Crippen molar-refractivity contribution in [1.82, 2.24) is 15.2 Å². The highest BCUT2D eigenvalue weighted by Crippen LogP contribution is 2.31. The van der Waals surface area contributed by atoms with Crippen molar-refractivity contribution in [2.24, 2.45) is 4.99 Å². The zero-order valence-electron chi connectivity index (χ0n) is 17.8. The van der Waals surface area contributed by atoms with E-state index < -0.39 is 17.5 Å². The van der Waals surface area contributed by atoms with Crippen LogP contribution in [0.1, 0.15) is 37.0 Å². The average molecular weight is 448 g/mol. The Morgan fingerprint density at radius 2 is 2.00 bits per heavy atom. The van der Waals surface area contributed by atoms with Crippen molar-refractivity contribution in [3.8, 4) is 0 Å². The second-order valence-electron chi connectivity index (χ2n) is 7.38. The Morgan fingerprint density at radius 3 is 2.68 bits per heavy atom. The lowest BCUT2D eigenvalue weighted by Gasteiger charge is -2.33. The van der Waals surface area contributed by atoms with Crippen molar-refractivity contribution < 1.29 is 13.6 Å². The Labute approximate surface area is 185 Å². The van der Waals surface area contributed by atoms with E-state index in [0.717, 1.165) is 30.8 Å². The third kappa shape index (κ3) is 5.02. The number of hydrogen-bond donors (Lipinski definition) is 2. The summed E-state index contributed by atoms with van der Waals surface area (Å²) in [6.07, 6.45) is 5.39. The minimum Gasteiger partial charge on any atom is -0.356 e. The van der Waals surface area contributed by atoms with Gasteiger partial charge in [0.15, 0.2) is 17.5 Å². The Kier molecular flexibility index (Phi) is 6.90. The van der Waals surface area contributed by atoms with Crippen LogP contribution in [0.4, 0.5) is 26.0 Å². The number of nitrogens with zero attached hydrogens (tertiary/aromatic N) is 3. The fraction of sp³-hybridized carbons (Fsp3) is 0.318. The van der Waals surface area contributed by atoms with Crippen LogP contribution >= 0.6 is 11.6 Å². The van der Waals surface area contributed by atoms with E-state index in [0.29, 0.717) is 17.5 Å². The summed E-state index contributed by atoms with van der Waals surface area (Å²) in [5.74, 6) is -1.61. The number of halogens is 3. The van der Waals surface area contributed by atoms with Gasteiger partial charge >= 0.3 is 0 Å². The third-order valence-corrected chi connectivity index (χ3v) is 5.49. The van der Waals surface area contributed by atoms with Crippen LogP contribution in [0.25, 0.3) is 0 Å². The van der Waals surface area contributed by atoms with Gasteiger partial charge in [0.2, 0.25) is 0 Å². The van der Waals surface area contributed by atoms with Gasteiger partial charge in [-0.2, -0.15) is 0 Å². The predicted octanol–water partition coefficient (Wildman–Crippen LogP) is 5.21. The van der Waals surface area contributed by atoms with Gasteiger partial charge in [-0.05, 0) is 31.9 Å². The van der Waals surface area contributed by atoms with Crippen LogP contribution in [0.15, 0.2) is 41.0 Å². The minimum absolute atomic E-state index is 0.0569. The molecule has 1 unspecified atom stereocenters. The summed E-state index contributed by atoms with van der Waals surface area (Å²) >= 11 is 6.26. The maximum Gasteiger partial charge on any atom is 0.253 e. The number of carbonyl (C=O) groups is 1. The summed E-state index contributed by atoms with van der Waals surface area (Å²) in [4.78, 5) is 23.1. The molecule has 0 radical (unpaired) electrons. The molecule has 1 aliphatic heterocycles. The quantitative estimate of drug-likeness (QED) is 0.660. The molecule has 0 aliphatic carbocycles. The van der Waals surface area contributed by atoms with Crippen LogP contribution in [-0.4, -0.2) is 41.8 Å². The van der Waals surface area contributed by atoms with E-state index in [4.69, 9.17) is 11.6 Å². The Morgan fingerprint density at radius 1 is 1.29 bits per heavy atom. The first-order valence-electron chi connectivity index (χ1n) is 9.85. The number of nitrogens with one attached hydrogen (secondary N) is 2. The zero-order chi connectivity index (χ0) is 22.7. The predicted molar refractivity (Wildman–Crippen MR) is 120 cm³/mol. The number of benzene rings is 1. The number of pyridine rings is 1. The van der Waals surface area contributed by atoms with E-state index in [2.05, 4.69) is 39.4 Å². The smallest absolute Gasteiger partial charge is 0.253 e. The summed E-state index contributed by atoms with van der Waals surface area (Å²) in [7, 11) is 3.39. The average Bonchev–Trinajstić information content (AvgIpc) is 2.74. The fourth-order valence-electron chi connectivity index (χ4n) is 3.43. The molecule has 2 heterocycles. The lowest BCUT2D eigenvalue weighted by atomic mass is 9.99. The number of amides is 1. The molecule has 0 bridgehead atoms. The van der Waals surface area contributed by atoms with Gasteiger partial charge in [0.1, 0.15) is 5.84 Å². The molecule has 31 heavy (non-hydrogen) atoms. The standard InChI is InChI=1S/C22H24ClF2N5O/c1-5-13-6-12(2)7-21(30(13)4)29-20-10-19(15(23)11-27-20)28-18-9-17(25)16(24)8-14(18)22(31)26-3/h7-11,13H,5-6H2,1-4H3,(H,26,31)(H,27,28). The van der Waals surface area contributed by atoms with Crippen molar-refractivity contribution in [3.05, 3.63) is 58.3 Å². The van der Waals surface area contributed by atoms with Gasteiger partial charge in [0.25, 0.3) is 5.91 Å². The van der Waals surface area contributed by atoms with Gasteiger partial charge in [-0.1, -0.05) is 24.1 Å². The maximum atomic E-state index is 13.8. The molecule has 1 amide bonds. The number of amidine groups is 1. The van der Waals surface area contributed by atoms with E-state index in [1.165, 1.54) is 18.8 Å². The van der Waals surface area contributed by atoms with Gasteiger partial charge in [0.05, 0.1) is 28.2 Å². The number of carbonyl (C=O) groups excluding carboxylic acids is 1. The molecule has 0 fully saturated rings. The van der Waals surface area contributed by atoms with Crippen molar-refractivity contribution in [2.45, 2.75) is 32.7 Å². The first-order chi connectivity index (χ1) is 14.7. The summed E-state index contributed by atoms with van der Waals surface area (Å²) in [5.41, 5.74) is 1.60. The molecule has 9 heteroatoms. The summed E-state index contributed by atoms with van der Waals surface area (Å²) in [6, 6.07) is 3.69. The molecular formula is C22H24ClF2N5O. The first kappa shape index (κ1) is 22.7. The second kappa shape index (κ2) is 9.43. The lowest BCUT2D eigenvalue weighted by Crippen LogP contribution is -2.38. The minimum atomic E-state index is -1.12. The molecule has 2 aromatic rings. The Hall–Kier alpha value is -3.00. The topological polar surface area (TPSA) is 69.6 Å². The number of hydrogen-bond acceptors (Lipinski definition) is 4. The molecular weight excluding hydrogens is 424 g/mol. The first-order valence-corrected chi connectivity index (χ1v) is 10.2. The number of aliphatic imine (C=N–C) groups is 1. The third-order valence-electron chi connectivity index (χ3n) is 5.18. The molecule has 1 atom stereocenters. The van der Waals surface area contributed by atoms with Crippen molar-refractivity contribution >= 4 is 40.5 Å². The van der Waals surface area contributed by atoms with Crippen LogP contribution in [0.2, 0.25) is 5.02 Å². The Bertz CT molecular complexity index is 1070. The van der Waals surface area contributed by atoms with Crippen molar-refractivity contribution in [2.75, 3.05) is 19.4 Å². The van der Waals surface area contributed by atoms with E-state index in [-0.39, 0.29) is 16.3 Å². The summed E-state index contributed by atoms with van der Waals surface area (Å²) in [6.45, 7) is 4.20. The highest BCUT2D eigenvalue weighted by molar-refractivity contribution is 6.33. The van der Waals surface area contributed by atoms with Gasteiger partial charge in [-0.25, -0.2) is 18.8 Å². The molecule has 6 nitrogen and oxygen atoms in total. The lowest BCUT2D eigenvalue weighted by molar-refractivity contribution is 0.0963. The summed E-state index contributed by atoms with van der Waals surface area (Å²) in [5, 5.41) is 5.55. The van der Waals surface area contributed by atoms with Gasteiger partial charge in [-0.15, -0.1) is 0 Å². The number of rotatable bonds is 5. The molecule has 2 N–H and O–H groups in total.